The van der Waals surface area contributed by atoms with Crippen LogP contribution >= 0.6 is 0 Å². The lowest BCUT2D eigenvalue weighted by Crippen LogP contribution is -2.14. The van der Waals surface area contributed by atoms with Gasteiger partial charge in [0.1, 0.15) is 5.69 Å². The van der Waals surface area contributed by atoms with Crippen LogP contribution in [-0.4, -0.2) is 24.0 Å². The summed E-state index contributed by atoms with van der Waals surface area (Å²) in [6.07, 6.45) is 0. The molecule has 0 fully saturated rings. The molecule has 1 heterocycles. The van der Waals surface area contributed by atoms with E-state index in [1.807, 2.05) is 13.0 Å². The number of carbonyl (C=O) groups is 2. The molecule has 20 heavy (non-hydrogen) atoms. The number of carbonyl (C=O) groups excluding carboxylic acids is 2. The highest BCUT2D eigenvalue weighted by Crippen LogP contribution is 2.12. The van der Waals surface area contributed by atoms with Gasteiger partial charge in [0.15, 0.2) is 0 Å². The average Bonchev–Trinajstić information content (AvgIpc) is 2.46. The number of benzene rings is 1. The monoisotopic (exact) mass is 270 g/mol. The van der Waals surface area contributed by atoms with E-state index in [1.54, 1.807) is 36.4 Å². The zero-order chi connectivity index (χ0) is 14.5. The van der Waals surface area contributed by atoms with Crippen LogP contribution in [0.1, 0.15) is 26.5 Å². The van der Waals surface area contributed by atoms with E-state index in [-0.39, 0.29) is 5.91 Å². The molecule has 2 rings (SSSR count). The van der Waals surface area contributed by atoms with Gasteiger partial charge in [-0.25, -0.2) is 9.78 Å². The Morgan fingerprint density at radius 3 is 2.60 bits per heavy atom. The van der Waals surface area contributed by atoms with E-state index in [4.69, 9.17) is 0 Å². The summed E-state index contributed by atoms with van der Waals surface area (Å²) in [5, 5.41) is 2.70. The third-order valence-corrected chi connectivity index (χ3v) is 2.66. The maximum atomic E-state index is 12.0. The van der Waals surface area contributed by atoms with Gasteiger partial charge in [-0.2, -0.15) is 0 Å². The molecule has 0 saturated carbocycles. The Kier molecular flexibility index (Phi) is 4.10. The average molecular weight is 270 g/mol. The molecule has 0 aliphatic carbocycles. The topological polar surface area (TPSA) is 68.3 Å². The minimum absolute atomic E-state index is 0.323. The van der Waals surface area contributed by atoms with Gasteiger partial charge >= 0.3 is 5.97 Å². The van der Waals surface area contributed by atoms with Crippen LogP contribution in [0.25, 0.3) is 0 Å². The van der Waals surface area contributed by atoms with Crippen LogP contribution in [0, 0.1) is 6.92 Å². The molecule has 1 aromatic heterocycles. The Labute approximate surface area is 116 Å². The second kappa shape index (κ2) is 5.97. The lowest BCUT2D eigenvalue weighted by Gasteiger charge is -2.06. The van der Waals surface area contributed by atoms with Crippen molar-refractivity contribution in [3.05, 3.63) is 59.4 Å². The van der Waals surface area contributed by atoms with Gasteiger partial charge in [-0.05, 0) is 37.3 Å². The van der Waals surface area contributed by atoms with E-state index in [0.29, 0.717) is 16.9 Å². The second-order valence-corrected chi connectivity index (χ2v) is 4.19. The molecule has 2 aromatic rings. The Bertz CT molecular complexity index is 653. The number of pyridine rings is 1. The third kappa shape index (κ3) is 3.20. The number of hydrogen-bond donors (Lipinski definition) is 1. The maximum Gasteiger partial charge on any atom is 0.337 e. The van der Waals surface area contributed by atoms with Gasteiger partial charge < -0.3 is 10.1 Å². The van der Waals surface area contributed by atoms with E-state index >= 15 is 0 Å². The number of nitrogens with one attached hydrogen (secondary N) is 1. The van der Waals surface area contributed by atoms with Gasteiger partial charge in [-0.1, -0.05) is 12.1 Å². The highest BCUT2D eigenvalue weighted by atomic mass is 16.5. The number of hydrogen-bond acceptors (Lipinski definition) is 4. The first-order valence-electron chi connectivity index (χ1n) is 6.03. The molecule has 0 unspecified atom stereocenters. The minimum Gasteiger partial charge on any atom is -0.465 e. The van der Waals surface area contributed by atoms with E-state index in [9.17, 15) is 9.59 Å². The fourth-order valence-corrected chi connectivity index (χ4v) is 1.71. The SMILES string of the molecule is COC(=O)c1cccc(NC(=O)c2cccc(C)n2)c1. The summed E-state index contributed by atoms with van der Waals surface area (Å²) < 4.78 is 4.63. The molecule has 0 aliphatic rings. The number of amides is 1. The maximum absolute atomic E-state index is 12.0. The van der Waals surface area contributed by atoms with Crippen molar-refractivity contribution < 1.29 is 14.3 Å². The molecule has 5 nitrogen and oxygen atoms in total. The van der Waals surface area contributed by atoms with Crippen molar-refractivity contribution in [2.24, 2.45) is 0 Å². The number of aryl methyl sites for hydroxylation is 1. The van der Waals surface area contributed by atoms with Gasteiger partial charge in [0.25, 0.3) is 5.91 Å². The van der Waals surface area contributed by atoms with E-state index in [0.717, 1.165) is 5.69 Å². The Morgan fingerprint density at radius 1 is 1.15 bits per heavy atom. The highest BCUT2D eigenvalue weighted by molar-refractivity contribution is 6.03. The van der Waals surface area contributed by atoms with Crippen molar-refractivity contribution in [1.82, 2.24) is 4.98 Å². The molecule has 0 spiro atoms. The molecule has 1 amide bonds. The van der Waals surface area contributed by atoms with Crippen LogP contribution in [0.5, 0.6) is 0 Å². The summed E-state index contributed by atoms with van der Waals surface area (Å²) in [6.45, 7) is 1.81. The summed E-state index contributed by atoms with van der Waals surface area (Å²) in [6, 6.07) is 11.8. The summed E-state index contributed by atoms with van der Waals surface area (Å²) in [5.41, 5.74) is 1.98. The van der Waals surface area contributed by atoms with Crippen LogP contribution < -0.4 is 5.32 Å². The molecular weight excluding hydrogens is 256 g/mol. The van der Waals surface area contributed by atoms with Gasteiger partial charge in [0.2, 0.25) is 0 Å². The highest BCUT2D eigenvalue weighted by Gasteiger charge is 2.10. The first-order valence-corrected chi connectivity index (χ1v) is 6.03. The van der Waals surface area contributed by atoms with Gasteiger partial charge in [0, 0.05) is 11.4 Å². The molecule has 0 atom stereocenters. The molecule has 0 radical (unpaired) electrons. The lowest BCUT2D eigenvalue weighted by atomic mass is 10.2. The number of anilines is 1. The molecule has 0 saturated heterocycles. The standard InChI is InChI=1S/C15H14N2O3/c1-10-5-3-8-13(16-10)14(18)17-12-7-4-6-11(9-12)15(19)20-2/h3-9H,1-2H3,(H,17,18). The quantitative estimate of drug-likeness (QED) is 0.870. The van der Waals surface area contributed by atoms with Crippen molar-refractivity contribution in [2.45, 2.75) is 6.92 Å². The predicted molar refractivity (Wildman–Crippen MR) is 74.7 cm³/mol. The predicted octanol–water partition coefficient (Wildman–Crippen LogP) is 2.43. The van der Waals surface area contributed by atoms with Crippen LogP contribution in [0.15, 0.2) is 42.5 Å². The minimum atomic E-state index is -0.449. The van der Waals surface area contributed by atoms with Gasteiger partial charge in [-0.3, -0.25) is 4.79 Å². The molecule has 1 aromatic carbocycles. The molecule has 0 aliphatic heterocycles. The normalized spacial score (nSPS) is 9.90. The van der Waals surface area contributed by atoms with E-state index < -0.39 is 5.97 Å². The van der Waals surface area contributed by atoms with Crippen molar-refractivity contribution in [2.75, 3.05) is 12.4 Å². The fourth-order valence-electron chi connectivity index (χ4n) is 1.71. The number of rotatable bonds is 3. The molecule has 0 bridgehead atoms. The number of methoxy groups -OCH3 is 1. The number of nitrogens with zero attached hydrogens (tertiary/aromatic N) is 1. The zero-order valence-corrected chi connectivity index (χ0v) is 11.2. The van der Waals surface area contributed by atoms with Crippen LogP contribution in [0.2, 0.25) is 0 Å². The van der Waals surface area contributed by atoms with Crippen molar-refractivity contribution in [1.29, 1.82) is 0 Å². The van der Waals surface area contributed by atoms with E-state index in [2.05, 4.69) is 15.0 Å². The van der Waals surface area contributed by atoms with Crippen LogP contribution in [-0.2, 0) is 4.74 Å². The second-order valence-electron chi connectivity index (χ2n) is 4.19. The molecule has 1 N–H and O–H groups in total. The number of aromatic nitrogens is 1. The van der Waals surface area contributed by atoms with Gasteiger partial charge in [-0.15, -0.1) is 0 Å². The zero-order valence-electron chi connectivity index (χ0n) is 11.2. The fraction of sp³-hybridized carbons (Fsp3) is 0.133. The summed E-state index contributed by atoms with van der Waals surface area (Å²) in [7, 11) is 1.31. The first kappa shape index (κ1) is 13.7. The molecule has 102 valence electrons. The largest absolute Gasteiger partial charge is 0.465 e. The van der Waals surface area contributed by atoms with Crippen LogP contribution in [0.4, 0.5) is 5.69 Å². The Hall–Kier alpha value is -2.69. The summed E-state index contributed by atoms with van der Waals surface area (Å²) in [4.78, 5) is 27.6. The Balaban J connectivity index is 2.18. The third-order valence-electron chi connectivity index (χ3n) is 2.66. The van der Waals surface area contributed by atoms with E-state index in [1.165, 1.54) is 7.11 Å². The van der Waals surface area contributed by atoms with Gasteiger partial charge in [0.05, 0.1) is 12.7 Å². The Morgan fingerprint density at radius 2 is 1.90 bits per heavy atom. The van der Waals surface area contributed by atoms with Crippen molar-refractivity contribution in [3.8, 4) is 0 Å². The summed E-state index contributed by atoms with van der Waals surface area (Å²) >= 11 is 0. The number of ether oxygens (including phenoxy) is 1. The van der Waals surface area contributed by atoms with Crippen molar-refractivity contribution >= 4 is 17.6 Å². The molecule has 5 heteroatoms. The summed E-state index contributed by atoms with van der Waals surface area (Å²) in [5.74, 6) is -0.773. The van der Waals surface area contributed by atoms with Crippen molar-refractivity contribution in [3.63, 3.8) is 0 Å². The smallest absolute Gasteiger partial charge is 0.337 e. The van der Waals surface area contributed by atoms with Crippen LogP contribution in [0.3, 0.4) is 0 Å². The molecular formula is C15H14N2O3. The first-order chi connectivity index (χ1) is 9.60. The lowest BCUT2D eigenvalue weighted by molar-refractivity contribution is 0.0600. The number of esters is 1.